The number of rotatable bonds is 6. The fourth-order valence-corrected chi connectivity index (χ4v) is 2.56. The number of amides is 2. The number of anilines is 1. The van der Waals surface area contributed by atoms with E-state index in [0.29, 0.717) is 43.9 Å². The van der Waals surface area contributed by atoms with Crippen molar-refractivity contribution in [1.82, 2.24) is 10.2 Å². The number of benzene rings is 1. The molecule has 1 atom stereocenters. The average Bonchev–Trinajstić information content (AvgIpc) is 2.57. The van der Waals surface area contributed by atoms with Gasteiger partial charge < -0.3 is 20.3 Å². The lowest BCUT2D eigenvalue weighted by Gasteiger charge is -2.23. The van der Waals surface area contributed by atoms with E-state index in [-0.39, 0.29) is 17.9 Å². The Morgan fingerprint density at radius 3 is 2.52 bits per heavy atom. The minimum Gasteiger partial charge on any atom is -0.375 e. The average molecular weight is 319 g/mol. The van der Waals surface area contributed by atoms with Gasteiger partial charge in [0.15, 0.2) is 0 Å². The molecule has 1 aliphatic heterocycles. The number of nitrogens with one attached hydrogen (secondary N) is 2. The minimum absolute atomic E-state index is 0.00885. The van der Waals surface area contributed by atoms with Crippen molar-refractivity contribution in [1.29, 1.82) is 0 Å². The van der Waals surface area contributed by atoms with Crippen molar-refractivity contribution in [3.63, 3.8) is 0 Å². The smallest absolute Gasteiger partial charge is 0.253 e. The van der Waals surface area contributed by atoms with E-state index in [1.54, 1.807) is 29.2 Å². The SMILES string of the molecule is CCN(CC)C(=O)c1ccc(NC(=O)CC2CNCCO2)cc1. The highest BCUT2D eigenvalue weighted by atomic mass is 16.5. The fraction of sp³-hybridized carbons (Fsp3) is 0.529. The molecule has 23 heavy (non-hydrogen) atoms. The number of hydrogen-bond donors (Lipinski definition) is 2. The van der Waals surface area contributed by atoms with Crippen LogP contribution in [0.4, 0.5) is 5.69 Å². The third-order valence-electron chi connectivity index (χ3n) is 3.88. The highest BCUT2D eigenvalue weighted by molar-refractivity contribution is 5.95. The van der Waals surface area contributed by atoms with Crippen molar-refractivity contribution in [3.8, 4) is 0 Å². The first-order valence-corrected chi connectivity index (χ1v) is 8.15. The predicted molar refractivity (Wildman–Crippen MR) is 89.5 cm³/mol. The predicted octanol–water partition coefficient (Wildman–Crippen LogP) is 1.49. The van der Waals surface area contributed by atoms with Crippen LogP contribution < -0.4 is 10.6 Å². The zero-order valence-corrected chi connectivity index (χ0v) is 13.8. The third-order valence-corrected chi connectivity index (χ3v) is 3.88. The van der Waals surface area contributed by atoms with Gasteiger partial charge in [0, 0.05) is 37.4 Å². The van der Waals surface area contributed by atoms with E-state index in [0.717, 1.165) is 6.54 Å². The third kappa shape index (κ3) is 5.04. The molecule has 0 spiro atoms. The lowest BCUT2D eigenvalue weighted by atomic mass is 10.1. The van der Waals surface area contributed by atoms with Crippen molar-refractivity contribution in [2.75, 3.05) is 38.1 Å². The van der Waals surface area contributed by atoms with Gasteiger partial charge in [-0.25, -0.2) is 0 Å². The Hall–Kier alpha value is -1.92. The molecule has 6 nitrogen and oxygen atoms in total. The second-order valence-electron chi connectivity index (χ2n) is 5.50. The molecule has 0 saturated carbocycles. The molecule has 1 unspecified atom stereocenters. The van der Waals surface area contributed by atoms with Gasteiger partial charge in [-0.1, -0.05) is 0 Å². The summed E-state index contributed by atoms with van der Waals surface area (Å²) < 4.78 is 5.51. The van der Waals surface area contributed by atoms with Crippen molar-refractivity contribution in [2.45, 2.75) is 26.4 Å². The van der Waals surface area contributed by atoms with E-state index >= 15 is 0 Å². The lowest BCUT2D eigenvalue weighted by Crippen LogP contribution is -2.40. The van der Waals surface area contributed by atoms with Gasteiger partial charge in [-0.2, -0.15) is 0 Å². The van der Waals surface area contributed by atoms with Gasteiger partial charge in [0.1, 0.15) is 0 Å². The molecule has 0 radical (unpaired) electrons. The van der Waals surface area contributed by atoms with Gasteiger partial charge in [0.2, 0.25) is 5.91 Å². The summed E-state index contributed by atoms with van der Waals surface area (Å²) in [5.74, 6) is -0.0731. The van der Waals surface area contributed by atoms with Gasteiger partial charge in [-0.15, -0.1) is 0 Å². The molecule has 1 fully saturated rings. The molecular weight excluding hydrogens is 294 g/mol. The Morgan fingerprint density at radius 1 is 1.26 bits per heavy atom. The van der Waals surface area contributed by atoms with Crippen molar-refractivity contribution < 1.29 is 14.3 Å². The summed E-state index contributed by atoms with van der Waals surface area (Å²) in [5, 5.41) is 6.04. The van der Waals surface area contributed by atoms with E-state index in [2.05, 4.69) is 10.6 Å². The zero-order valence-electron chi connectivity index (χ0n) is 13.8. The molecule has 0 bridgehead atoms. The van der Waals surface area contributed by atoms with Crippen LogP contribution in [-0.4, -0.2) is 55.6 Å². The summed E-state index contributed by atoms with van der Waals surface area (Å²) in [5.41, 5.74) is 1.32. The number of nitrogens with zero attached hydrogens (tertiary/aromatic N) is 1. The second kappa shape index (κ2) is 8.64. The van der Waals surface area contributed by atoms with Gasteiger partial charge in [-0.05, 0) is 38.1 Å². The van der Waals surface area contributed by atoms with Gasteiger partial charge in [0.05, 0.1) is 19.1 Å². The minimum atomic E-state index is -0.0819. The summed E-state index contributed by atoms with van der Waals surface area (Å²) >= 11 is 0. The molecule has 1 saturated heterocycles. The molecule has 1 aromatic carbocycles. The first-order chi connectivity index (χ1) is 11.1. The van der Waals surface area contributed by atoms with Crippen LogP contribution in [0.5, 0.6) is 0 Å². The summed E-state index contributed by atoms with van der Waals surface area (Å²) in [7, 11) is 0. The number of morpholine rings is 1. The molecule has 0 aliphatic carbocycles. The Bertz CT molecular complexity index is 520. The van der Waals surface area contributed by atoms with E-state index in [1.807, 2.05) is 13.8 Å². The summed E-state index contributed by atoms with van der Waals surface area (Å²) in [6.07, 6.45) is 0.250. The Morgan fingerprint density at radius 2 is 1.96 bits per heavy atom. The number of hydrogen-bond acceptors (Lipinski definition) is 4. The molecular formula is C17H25N3O3. The molecule has 1 aliphatic rings. The second-order valence-corrected chi connectivity index (χ2v) is 5.50. The lowest BCUT2D eigenvalue weighted by molar-refractivity contribution is -0.119. The van der Waals surface area contributed by atoms with Crippen LogP contribution in [0.15, 0.2) is 24.3 Å². The molecule has 1 heterocycles. The molecule has 1 aromatic rings. The van der Waals surface area contributed by atoms with Crippen LogP contribution >= 0.6 is 0 Å². The quantitative estimate of drug-likeness (QED) is 0.833. The van der Waals surface area contributed by atoms with E-state index in [9.17, 15) is 9.59 Å². The largest absolute Gasteiger partial charge is 0.375 e. The van der Waals surface area contributed by atoms with Crippen molar-refractivity contribution in [2.24, 2.45) is 0 Å². The molecule has 2 amide bonds. The Labute approximate surface area is 137 Å². The summed E-state index contributed by atoms with van der Waals surface area (Å²) in [4.78, 5) is 26.0. The Balaban J connectivity index is 1.89. The van der Waals surface area contributed by atoms with Crippen LogP contribution in [0.1, 0.15) is 30.6 Å². The maximum absolute atomic E-state index is 12.2. The first kappa shape index (κ1) is 17.4. The van der Waals surface area contributed by atoms with Crippen molar-refractivity contribution >= 4 is 17.5 Å². The maximum atomic E-state index is 12.2. The molecule has 2 rings (SSSR count). The van der Waals surface area contributed by atoms with Crippen LogP contribution in [0.3, 0.4) is 0 Å². The maximum Gasteiger partial charge on any atom is 0.253 e. The fourth-order valence-electron chi connectivity index (χ4n) is 2.56. The standard InChI is InChI=1S/C17H25N3O3/c1-3-20(4-2)17(22)13-5-7-14(8-6-13)19-16(21)11-15-12-18-9-10-23-15/h5-8,15,18H,3-4,9-12H2,1-2H3,(H,19,21). The van der Waals surface area contributed by atoms with E-state index < -0.39 is 0 Å². The van der Waals surface area contributed by atoms with Crippen LogP contribution in [-0.2, 0) is 9.53 Å². The Kier molecular flexibility index (Phi) is 6.55. The number of ether oxygens (including phenoxy) is 1. The molecule has 2 N–H and O–H groups in total. The van der Waals surface area contributed by atoms with Gasteiger partial charge in [-0.3, -0.25) is 9.59 Å². The monoisotopic (exact) mass is 319 g/mol. The molecule has 0 aromatic heterocycles. The summed E-state index contributed by atoms with van der Waals surface area (Å²) in [6, 6.07) is 7.01. The zero-order chi connectivity index (χ0) is 16.7. The van der Waals surface area contributed by atoms with E-state index in [4.69, 9.17) is 4.74 Å². The summed E-state index contributed by atoms with van der Waals surface area (Å²) in [6.45, 7) is 7.45. The molecule has 6 heteroatoms. The van der Waals surface area contributed by atoms with Crippen LogP contribution in [0.25, 0.3) is 0 Å². The molecule has 126 valence electrons. The normalized spacial score (nSPS) is 17.6. The first-order valence-electron chi connectivity index (χ1n) is 8.15. The van der Waals surface area contributed by atoms with Crippen LogP contribution in [0, 0.1) is 0 Å². The number of carbonyl (C=O) groups is 2. The van der Waals surface area contributed by atoms with Crippen LogP contribution in [0.2, 0.25) is 0 Å². The number of carbonyl (C=O) groups excluding carboxylic acids is 2. The highest BCUT2D eigenvalue weighted by Gasteiger charge is 2.17. The van der Waals surface area contributed by atoms with E-state index in [1.165, 1.54) is 0 Å². The van der Waals surface area contributed by atoms with Gasteiger partial charge in [0.25, 0.3) is 5.91 Å². The highest BCUT2D eigenvalue weighted by Crippen LogP contribution is 2.13. The van der Waals surface area contributed by atoms with Crippen molar-refractivity contribution in [3.05, 3.63) is 29.8 Å². The van der Waals surface area contributed by atoms with Gasteiger partial charge >= 0.3 is 0 Å². The topological polar surface area (TPSA) is 70.7 Å².